The van der Waals surface area contributed by atoms with Gasteiger partial charge >= 0.3 is 0 Å². The molecule has 0 saturated carbocycles. The molecular formula is C20H25NO. The van der Waals surface area contributed by atoms with E-state index in [1.54, 1.807) is 0 Å². The van der Waals surface area contributed by atoms with Gasteiger partial charge in [0.05, 0.1) is 17.9 Å². The number of para-hydroxylation sites is 4. The van der Waals surface area contributed by atoms with E-state index in [9.17, 15) is 0 Å². The van der Waals surface area contributed by atoms with Crippen LogP contribution in [0, 0.1) is 12.3 Å². The third-order valence-corrected chi connectivity index (χ3v) is 2.78. The predicted octanol–water partition coefficient (Wildman–Crippen LogP) is 6.01. The minimum atomic E-state index is 0.539. The summed E-state index contributed by atoms with van der Waals surface area (Å²) in [7, 11) is 0. The number of ether oxygens (including phenoxy) is 1. The number of benzene rings is 2. The molecule has 2 heteroatoms. The van der Waals surface area contributed by atoms with E-state index < -0.39 is 0 Å². The zero-order valence-corrected chi connectivity index (χ0v) is 14.0. The highest BCUT2D eigenvalue weighted by molar-refractivity contribution is 5.78. The van der Waals surface area contributed by atoms with E-state index in [0.717, 1.165) is 22.9 Å². The van der Waals surface area contributed by atoms with Gasteiger partial charge in [-0.1, -0.05) is 64.3 Å². The van der Waals surface area contributed by atoms with Gasteiger partial charge < -0.3 is 9.64 Å². The highest BCUT2D eigenvalue weighted by Crippen LogP contribution is 2.45. The molecule has 3 rings (SSSR count). The SMILES string of the molecule is C#CCN1c2ccccc2Oc2ccccc21.CC.CCC. The summed E-state index contributed by atoms with van der Waals surface area (Å²) in [5, 5.41) is 0. The number of fused-ring (bicyclic) bond motifs is 2. The van der Waals surface area contributed by atoms with Crippen molar-refractivity contribution >= 4 is 11.4 Å². The van der Waals surface area contributed by atoms with Crippen molar-refractivity contribution < 1.29 is 4.74 Å². The monoisotopic (exact) mass is 295 g/mol. The Balaban J connectivity index is 0.000000435. The quantitative estimate of drug-likeness (QED) is 0.598. The van der Waals surface area contributed by atoms with Crippen LogP contribution in [0.1, 0.15) is 34.1 Å². The van der Waals surface area contributed by atoms with E-state index in [2.05, 4.69) is 24.7 Å². The molecular weight excluding hydrogens is 270 g/mol. The number of hydrogen-bond donors (Lipinski definition) is 0. The van der Waals surface area contributed by atoms with Gasteiger partial charge in [0.2, 0.25) is 0 Å². The van der Waals surface area contributed by atoms with Crippen molar-refractivity contribution in [2.24, 2.45) is 0 Å². The molecule has 0 bridgehead atoms. The van der Waals surface area contributed by atoms with Crippen LogP contribution in [-0.2, 0) is 0 Å². The first-order valence-corrected chi connectivity index (χ1v) is 7.88. The summed E-state index contributed by atoms with van der Waals surface area (Å²) in [4.78, 5) is 2.09. The van der Waals surface area contributed by atoms with E-state index >= 15 is 0 Å². The lowest BCUT2D eigenvalue weighted by atomic mass is 10.1. The lowest BCUT2D eigenvalue weighted by Gasteiger charge is -2.31. The summed E-state index contributed by atoms with van der Waals surface area (Å²) < 4.78 is 5.84. The van der Waals surface area contributed by atoms with Gasteiger partial charge in [-0.05, 0) is 24.3 Å². The Hall–Kier alpha value is -2.40. The summed E-state index contributed by atoms with van der Waals surface area (Å²) in [6.07, 6.45) is 6.69. The Morgan fingerprint density at radius 1 is 0.909 bits per heavy atom. The van der Waals surface area contributed by atoms with Crippen LogP contribution < -0.4 is 9.64 Å². The van der Waals surface area contributed by atoms with Crippen LogP contribution in [0.4, 0.5) is 11.4 Å². The number of hydrogen-bond acceptors (Lipinski definition) is 2. The molecule has 2 nitrogen and oxygen atoms in total. The normalized spacial score (nSPS) is 10.4. The van der Waals surface area contributed by atoms with Crippen molar-refractivity contribution in [2.45, 2.75) is 34.1 Å². The fourth-order valence-corrected chi connectivity index (χ4v) is 2.04. The van der Waals surface area contributed by atoms with Crippen molar-refractivity contribution in [3.8, 4) is 23.8 Å². The van der Waals surface area contributed by atoms with Gasteiger partial charge in [0.25, 0.3) is 0 Å². The van der Waals surface area contributed by atoms with Crippen molar-refractivity contribution in [1.82, 2.24) is 0 Å². The number of anilines is 2. The third-order valence-electron chi connectivity index (χ3n) is 2.78. The van der Waals surface area contributed by atoms with Gasteiger partial charge in [-0.15, -0.1) is 6.42 Å². The topological polar surface area (TPSA) is 12.5 Å². The lowest BCUT2D eigenvalue weighted by Crippen LogP contribution is -2.21. The predicted molar refractivity (Wildman–Crippen MR) is 96.1 cm³/mol. The Kier molecular flexibility index (Phi) is 7.64. The van der Waals surface area contributed by atoms with Gasteiger partial charge in [-0.2, -0.15) is 0 Å². The maximum atomic E-state index is 5.84. The fourth-order valence-electron chi connectivity index (χ4n) is 2.04. The first kappa shape index (κ1) is 17.7. The van der Waals surface area contributed by atoms with E-state index in [4.69, 9.17) is 11.2 Å². The molecule has 0 N–H and O–H groups in total. The van der Waals surface area contributed by atoms with Crippen molar-refractivity contribution in [1.29, 1.82) is 0 Å². The van der Waals surface area contributed by atoms with E-state index in [0.29, 0.717) is 6.54 Å². The molecule has 0 saturated heterocycles. The second-order valence-corrected chi connectivity index (χ2v) is 4.53. The van der Waals surface area contributed by atoms with Crippen molar-refractivity contribution in [3.63, 3.8) is 0 Å². The molecule has 22 heavy (non-hydrogen) atoms. The minimum absolute atomic E-state index is 0.539. The molecule has 0 unspecified atom stereocenters. The van der Waals surface area contributed by atoms with Crippen LogP contribution in [0.5, 0.6) is 11.5 Å². The molecule has 0 atom stereocenters. The molecule has 2 aromatic carbocycles. The molecule has 0 aromatic heterocycles. The molecule has 0 aliphatic carbocycles. The highest BCUT2D eigenvalue weighted by Gasteiger charge is 2.22. The van der Waals surface area contributed by atoms with Crippen molar-refractivity contribution in [3.05, 3.63) is 48.5 Å². The fraction of sp³-hybridized carbons (Fsp3) is 0.300. The molecule has 1 aliphatic heterocycles. The summed E-state index contributed by atoms with van der Waals surface area (Å²) in [6.45, 7) is 8.79. The smallest absolute Gasteiger partial charge is 0.151 e. The molecule has 116 valence electrons. The van der Waals surface area contributed by atoms with Gasteiger partial charge in [0.15, 0.2) is 11.5 Å². The second-order valence-electron chi connectivity index (χ2n) is 4.53. The molecule has 0 radical (unpaired) electrons. The summed E-state index contributed by atoms with van der Waals surface area (Å²) in [5.41, 5.74) is 2.04. The van der Waals surface area contributed by atoms with Gasteiger partial charge in [0.1, 0.15) is 0 Å². The van der Waals surface area contributed by atoms with Gasteiger partial charge in [-0.3, -0.25) is 0 Å². The Bertz CT molecular complexity index is 568. The first-order chi connectivity index (χ1) is 10.8. The molecule has 0 fully saturated rings. The molecule has 1 aliphatic rings. The first-order valence-electron chi connectivity index (χ1n) is 7.88. The number of nitrogens with zero attached hydrogens (tertiary/aromatic N) is 1. The van der Waals surface area contributed by atoms with Crippen molar-refractivity contribution in [2.75, 3.05) is 11.4 Å². The zero-order valence-electron chi connectivity index (χ0n) is 14.0. The highest BCUT2D eigenvalue weighted by atomic mass is 16.5. The van der Waals surface area contributed by atoms with E-state index in [-0.39, 0.29) is 0 Å². The third kappa shape index (κ3) is 4.05. The van der Waals surface area contributed by atoms with Crippen LogP contribution >= 0.6 is 0 Å². The van der Waals surface area contributed by atoms with E-state index in [1.165, 1.54) is 6.42 Å². The van der Waals surface area contributed by atoms with Crippen LogP contribution in [0.3, 0.4) is 0 Å². The molecule has 2 aromatic rings. The maximum absolute atomic E-state index is 5.84. The van der Waals surface area contributed by atoms with E-state index in [1.807, 2.05) is 62.4 Å². The molecule has 0 spiro atoms. The zero-order chi connectivity index (χ0) is 16.4. The minimum Gasteiger partial charge on any atom is -0.453 e. The second kappa shape index (κ2) is 9.52. The summed E-state index contributed by atoms with van der Waals surface area (Å²) in [6, 6.07) is 15.8. The van der Waals surface area contributed by atoms with Crippen LogP contribution in [0.15, 0.2) is 48.5 Å². The average Bonchev–Trinajstić information content (AvgIpc) is 2.57. The van der Waals surface area contributed by atoms with Gasteiger partial charge in [-0.25, -0.2) is 0 Å². The average molecular weight is 295 g/mol. The van der Waals surface area contributed by atoms with Gasteiger partial charge in [0, 0.05) is 0 Å². The molecule has 1 heterocycles. The summed E-state index contributed by atoms with van der Waals surface area (Å²) in [5.74, 6) is 4.39. The van der Waals surface area contributed by atoms with Crippen LogP contribution in [0.2, 0.25) is 0 Å². The Morgan fingerprint density at radius 2 is 1.32 bits per heavy atom. The van der Waals surface area contributed by atoms with Crippen LogP contribution in [0.25, 0.3) is 0 Å². The Morgan fingerprint density at radius 3 is 1.73 bits per heavy atom. The number of rotatable bonds is 1. The number of terminal acetylenes is 1. The molecule has 0 amide bonds. The lowest BCUT2D eigenvalue weighted by molar-refractivity contribution is 0.474. The largest absolute Gasteiger partial charge is 0.453 e. The Labute approximate surface area is 134 Å². The van der Waals surface area contributed by atoms with Crippen LogP contribution in [-0.4, -0.2) is 6.54 Å². The maximum Gasteiger partial charge on any atom is 0.151 e. The summed E-state index contributed by atoms with van der Waals surface area (Å²) >= 11 is 0. The standard InChI is InChI=1S/C15H11NO.C3H8.C2H6/c1-2-11-16-12-7-3-5-9-14(12)17-15-10-6-4-8-13(15)16;1-3-2;1-2/h1,3-10H,11H2;3H2,1-2H3;1-2H3.